The Balaban J connectivity index is 2.27. The van der Waals surface area contributed by atoms with Crippen LogP contribution in [0.25, 0.3) is 0 Å². The molecule has 20 heavy (non-hydrogen) atoms. The maximum atomic E-state index is 12.1. The minimum atomic E-state index is -0.435. The number of hydrogen-bond donors (Lipinski definition) is 1. The second-order valence-corrected chi connectivity index (χ2v) is 5.35. The van der Waals surface area contributed by atoms with Crippen LogP contribution < -0.4 is 5.32 Å². The molecule has 1 aromatic rings. The Morgan fingerprint density at radius 1 is 1.45 bits per heavy atom. The molecule has 0 bridgehead atoms. The van der Waals surface area contributed by atoms with Gasteiger partial charge in [0.15, 0.2) is 0 Å². The Labute approximate surface area is 128 Å². The minimum absolute atomic E-state index is 0.147. The van der Waals surface area contributed by atoms with Crippen molar-refractivity contribution >= 4 is 29.2 Å². The van der Waals surface area contributed by atoms with Crippen LogP contribution in [0.5, 0.6) is 0 Å². The van der Waals surface area contributed by atoms with E-state index in [1.807, 2.05) is 6.07 Å². The van der Waals surface area contributed by atoms with Crippen LogP contribution >= 0.6 is 23.2 Å². The SMILES string of the molecule is CCOC(=O)[C@H]1NCCOCC1c1ccc(Cl)c(Cl)c1. The number of esters is 1. The molecular formula is C14H17Cl2NO3. The van der Waals surface area contributed by atoms with E-state index in [2.05, 4.69) is 5.32 Å². The van der Waals surface area contributed by atoms with Crippen molar-refractivity contribution in [2.45, 2.75) is 18.9 Å². The van der Waals surface area contributed by atoms with Gasteiger partial charge >= 0.3 is 5.97 Å². The van der Waals surface area contributed by atoms with E-state index in [1.54, 1.807) is 19.1 Å². The van der Waals surface area contributed by atoms with E-state index < -0.39 is 6.04 Å². The number of benzene rings is 1. The third kappa shape index (κ3) is 3.64. The fourth-order valence-corrected chi connectivity index (χ4v) is 2.55. The first-order valence-corrected chi connectivity index (χ1v) is 7.31. The maximum absolute atomic E-state index is 12.1. The van der Waals surface area contributed by atoms with Gasteiger partial charge in [0.1, 0.15) is 6.04 Å². The van der Waals surface area contributed by atoms with Gasteiger partial charge in [0, 0.05) is 12.5 Å². The van der Waals surface area contributed by atoms with Gasteiger partial charge in [-0.3, -0.25) is 4.79 Å². The quantitative estimate of drug-likeness (QED) is 0.871. The lowest BCUT2D eigenvalue weighted by atomic mass is 9.92. The molecule has 110 valence electrons. The first kappa shape index (κ1) is 15.6. The average Bonchev–Trinajstić information content (AvgIpc) is 2.68. The summed E-state index contributed by atoms with van der Waals surface area (Å²) in [5.74, 6) is -0.416. The van der Waals surface area contributed by atoms with Gasteiger partial charge in [-0.05, 0) is 24.6 Å². The van der Waals surface area contributed by atoms with Gasteiger partial charge < -0.3 is 14.8 Å². The van der Waals surface area contributed by atoms with E-state index in [9.17, 15) is 4.79 Å². The Morgan fingerprint density at radius 3 is 2.95 bits per heavy atom. The molecule has 1 fully saturated rings. The number of carbonyl (C=O) groups is 1. The zero-order valence-electron chi connectivity index (χ0n) is 11.2. The summed E-state index contributed by atoms with van der Waals surface area (Å²) >= 11 is 12.0. The lowest BCUT2D eigenvalue weighted by Gasteiger charge is -2.24. The van der Waals surface area contributed by atoms with Crippen molar-refractivity contribution < 1.29 is 14.3 Å². The highest BCUT2D eigenvalue weighted by Crippen LogP contribution is 2.29. The van der Waals surface area contributed by atoms with Crippen LogP contribution in [-0.2, 0) is 14.3 Å². The maximum Gasteiger partial charge on any atom is 0.323 e. The van der Waals surface area contributed by atoms with Crippen LogP contribution in [-0.4, -0.2) is 38.4 Å². The Morgan fingerprint density at radius 2 is 2.25 bits per heavy atom. The van der Waals surface area contributed by atoms with Crippen LogP contribution in [0.15, 0.2) is 18.2 Å². The van der Waals surface area contributed by atoms with Gasteiger partial charge in [-0.25, -0.2) is 0 Å². The molecule has 2 rings (SSSR count). The van der Waals surface area contributed by atoms with Crippen molar-refractivity contribution in [1.29, 1.82) is 0 Å². The van der Waals surface area contributed by atoms with Crippen LogP contribution in [0.3, 0.4) is 0 Å². The van der Waals surface area contributed by atoms with E-state index in [0.717, 1.165) is 5.56 Å². The van der Waals surface area contributed by atoms with E-state index in [1.165, 1.54) is 0 Å². The lowest BCUT2D eigenvalue weighted by Crippen LogP contribution is -2.43. The highest BCUT2D eigenvalue weighted by atomic mass is 35.5. The van der Waals surface area contributed by atoms with Crippen LogP contribution in [0.1, 0.15) is 18.4 Å². The molecule has 0 spiro atoms. The van der Waals surface area contributed by atoms with Gasteiger partial charge in [0.05, 0.1) is 29.9 Å². The predicted octanol–water partition coefficient (Wildman–Crippen LogP) is 2.63. The van der Waals surface area contributed by atoms with Crippen molar-refractivity contribution in [3.8, 4) is 0 Å². The Hall–Kier alpha value is -0.810. The third-order valence-corrected chi connectivity index (χ3v) is 3.96. The third-order valence-electron chi connectivity index (χ3n) is 3.22. The molecule has 1 aliphatic rings. The summed E-state index contributed by atoms with van der Waals surface area (Å²) < 4.78 is 10.7. The predicted molar refractivity (Wildman–Crippen MR) is 78.4 cm³/mol. The largest absolute Gasteiger partial charge is 0.465 e. The number of ether oxygens (including phenoxy) is 2. The van der Waals surface area contributed by atoms with Crippen LogP contribution in [0.4, 0.5) is 0 Å². The monoisotopic (exact) mass is 317 g/mol. The Kier molecular flexibility index (Phi) is 5.66. The summed E-state index contributed by atoms with van der Waals surface area (Å²) in [7, 11) is 0. The minimum Gasteiger partial charge on any atom is -0.465 e. The van der Waals surface area contributed by atoms with Crippen LogP contribution in [0.2, 0.25) is 10.0 Å². The zero-order chi connectivity index (χ0) is 14.5. The molecule has 1 heterocycles. The molecule has 0 amide bonds. The van der Waals surface area contributed by atoms with Gasteiger partial charge in [0.2, 0.25) is 0 Å². The molecule has 0 aliphatic carbocycles. The standard InChI is InChI=1S/C14H17Cl2NO3/c1-2-20-14(18)13-10(8-19-6-5-17-13)9-3-4-11(15)12(16)7-9/h3-4,7,10,13,17H,2,5-6,8H2,1H3/t10?,13-/m0/s1. The fourth-order valence-electron chi connectivity index (χ4n) is 2.25. The van der Waals surface area contributed by atoms with Gasteiger partial charge in [-0.1, -0.05) is 29.3 Å². The second kappa shape index (κ2) is 7.27. The zero-order valence-corrected chi connectivity index (χ0v) is 12.7. The molecule has 1 aromatic carbocycles. The molecular weight excluding hydrogens is 301 g/mol. The van der Waals surface area contributed by atoms with E-state index in [4.69, 9.17) is 32.7 Å². The summed E-state index contributed by atoms with van der Waals surface area (Å²) in [4.78, 5) is 12.1. The normalized spacial score (nSPS) is 23.1. The van der Waals surface area contributed by atoms with Crippen molar-refractivity contribution in [1.82, 2.24) is 5.32 Å². The van der Waals surface area contributed by atoms with Crippen molar-refractivity contribution in [2.24, 2.45) is 0 Å². The second-order valence-electron chi connectivity index (χ2n) is 4.54. The first-order valence-electron chi connectivity index (χ1n) is 6.56. The molecule has 1 saturated heterocycles. The summed E-state index contributed by atoms with van der Waals surface area (Å²) in [5, 5.41) is 4.13. The van der Waals surface area contributed by atoms with Crippen molar-refractivity contribution in [3.05, 3.63) is 33.8 Å². The first-order chi connectivity index (χ1) is 9.63. The fraction of sp³-hybridized carbons (Fsp3) is 0.500. The number of rotatable bonds is 3. The number of nitrogens with one attached hydrogen (secondary N) is 1. The molecule has 6 heteroatoms. The van der Waals surface area contributed by atoms with Crippen LogP contribution in [0, 0.1) is 0 Å². The van der Waals surface area contributed by atoms with E-state index >= 15 is 0 Å². The van der Waals surface area contributed by atoms with Crippen molar-refractivity contribution in [3.63, 3.8) is 0 Å². The van der Waals surface area contributed by atoms with Gasteiger partial charge in [0.25, 0.3) is 0 Å². The summed E-state index contributed by atoms with van der Waals surface area (Å²) in [6.45, 7) is 3.76. The summed E-state index contributed by atoms with van der Waals surface area (Å²) in [5.41, 5.74) is 0.909. The van der Waals surface area contributed by atoms with Gasteiger partial charge in [-0.2, -0.15) is 0 Å². The molecule has 2 atom stereocenters. The highest BCUT2D eigenvalue weighted by Gasteiger charge is 2.32. The van der Waals surface area contributed by atoms with E-state index in [0.29, 0.717) is 36.4 Å². The number of carbonyl (C=O) groups excluding carboxylic acids is 1. The Bertz CT molecular complexity index is 481. The number of hydrogen-bond acceptors (Lipinski definition) is 4. The molecule has 0 aromatic heterocycles. The molecule has 1 N–H and O–H groups in total. The summed E-state index contributed by atoms with van der Waals surface area (Å²) in [6.07, 6.45) is 0. The number of halogens is 2. The van der Waals surface area contributed by atoms with Gasteiger partial charge in [-0.15, -0.1) is 0 Å². The highest BCUT2D eigenvalue weighted by molar-refractivity contribution is 6.42. The molecule has 1 unspecified atom stereocenters. The molecule has 0 saturated carbocycles. The molecule has 4 nitrogen and oxygen atoms in total. The smallest absolute Gasteiger partial charge is 0.323 e. The molecule has 1 aliphatic heterocycles. The summed E-state index contributed by atoms with van der Waals surface area (Å²) in [6, 6.07) is 4.93. The van der Waals surface area contributed by atoms with Crippen molar-refractivity contribution in [2.75, 3.05) is 26.4 Å². The molecule has 0 radical (unpaired) electrons. The topological polar surface area (TPSA) is 47.6 Å². The van der Waals surface area contributed by atoms with E-state index in [-0.39, 0.29) is 11.9 Å². The average molecular weight is 318 g/mol. The lowest BCUT2D eigenvalue weighted by molar-refractivity contribution is -0.146.